The predicted molar refractivity (Wildman–Crippen MR) is 96.7 cm³/mol. The van der Waals surface area contributed by atoms with E-state index in [0.29, 0.717) is 42.9 Å². The summed E-state index contributed by atoms with van der Waals surface area (Å²) in [5.74, 6) is 1.23. The van der Waals surface area contributed by atoms with Gasteiger partial charge < -0.3 is 14.4 Å². The second-order valence-electron chi connectivity index (χ2n) is 6.25. The maximum absolute atomic E-state index is 12.6. The van der Waals surface area contributed by atoms with Crippen molar-refractivity contribution in [3.63, 3.8) is 0 Å². The summed E-state index contributed by atoms with van der Waals surface area (Å²) in [6.45, 7) is 1.13. The molecule has 2 aromatic rings. The Hall–Kier alpha value is -2.89. The number of pyridine rings is 1. The second-order valence-corrected chi connectivity index (χ2v) is 6.25. The quantitative estimate of drug-likeness (QED) is 0.772. The van der Waals surface area contributed by atoms with Crippen LogP contribution in [0.4, 0.5) is 0 Å². The first kappa shape index (κ1) is 17.9. The highest BCUT2D eigenvalue weighted by Gasteiger charge is 2.28. The topological polar surface area (TPSA) is 68.7 Å². The Kier molecular flexibility index (Phi) is 5.51. The van der Waals surface area contributed by atoms with Crippen LogP contribution in [0.3, 0.4) is 0 Å². The molecular weight excluding hydrogens is 332 g/mol. The van der Waals surface area contributed by atoms with E-state index in [1.807, 2.05) is 0 Å². The van der Waals surface area contributed by atoms with Crippen LogP contribution >= 0.6 is 0 Å². The number of ether oxygens (including phenoxy) is 2. The van der Waals surface area contributed by atoms with Crippen molar-refractivity contribution >= 4 is 11.7 Å². The van der Waals surface area contributed by atoms with Gasteiger partial charge in [0.15, 0.2) is 5.78 Å². The van der Waals surface area contributed by atoms with E-state index in [2.05, 4.69) is 4.98 Å². The zero-order chi connectivity index (χ0) is 18.5. The van der Waals surface area contributed by atoms with Crippen LogP contribution in [0.2, 0.25) is 0 Å². The lowest BCUT2D eigenvalue weighted by Crippen LogP contribution is -2.40. The van der Waals surface area contributed by atoms with Gasteiger partial charge >= 0.3 is 0 Å². The van der Waals surface area contributed by atoms with Crippen LogP contribution in [0, 0.1) is 5.92 Å². The Morgan fingerprint density at radius 1 is 0.962 bits per heavy atom. The van der Waals surface area contributed by atoms with E-state index in [1.165, 1.54) is 13.3 Å². The molecule has 0 saturated carbocycles. The predicted octanol–water partition coefficient (Wildman–Crippen LogP) is 2.83. The fourth-order valence-electron chi connectivity index (χ4n) is 3.15. The third kappa shape index (κ3) is 3.85. The molecule has 0 aliphatic carbocycles. The summed E-state index contributed by atoms with van der Waals surface area (Å²) in [6.07, 6.45) is 2.86. The number of likely N-dealkylation sites (tertiary alicyclic amines) is 1. The number of rotatable bonds is 5. The van der Waals surface area contributed by atoms with Gasteiger partial charge in [-0.25, -0.2) is 4.98 Å². The lowest BCUT2D eigenvalue weighted by Gasteiger charge is -2.31. The highest BCUT2D eigenvalue weighted by Crippen LogP contribution is 2.24. The minimum absolute atomic E-state index is 0.0542. The molecule has 6 nitrogen and oxygen atoms in total. The molecule has 0 bridgehead atoms. The minimum Gasteiger partial charge on any atom is -0.497 e. The third-order valence-corrected chi connectivity index (χ3v) is 4.72. The first-order valence-corrected chi connectivity index (χ1v) is 8.60. The Morgan fingerprint density at radius 3 is 2.15 bits per heavy atom. The summed E-state index contributed by atoms with van der Waals surface area (Å²) in [6, 6.07) is 10.6. The SMILES string of the molecule is COc1ccc(C(=O)C2CCN(C(=O)c3ccc(OC)nc3)CC2)cc1. The van der Waals surface area contributed by atoms with Crippen LogP contribution in [-0.4, -0.2) is 48.9 Å². The maximum atomic E-state index is 12.6. The number of hydrogen-bond acceptors (Lipinski definition) is 5. The molecule has 3 rings (SSSR count). The van der Waals surface area contributed by atoms with Gasteiger partial charge in [0.05, 0.1) is 19.8 Å². The van der Waals surface area contributed by atoms with Crippen molar-refractivity contribution in [3.05, 3.63) is 53.7 Å². The molecule has 1 amide bonds. The molecule has 136 valence electrons. The van der Waals surface area contributed by atoms with Gasteiger partial charge in [-0.3, -0.25) is 9.59 Å². The number of carbonyl (C=O) groups excluding carboxylic acids is 2. The molecule has 0 atom stereocenters. The Bertz CT molecular complexity index is 696. The molecule has 6 heteroatoms. The van der Waals surface area contributed by atoms with Crippen molar-refractivity contribution in [2.24, 2.45) is 5.92 Å². The van der Waals surface area contributed by atoms with Gasteiger partial charge in [0, 0.05) is 36.8 Å². The van der Waals surface area contributed by atoms with Crippen LogP contribution in [0.1, 0.15) is 33.6 Å². The van der Waals surface area contributed by atoms with E-state index in [-0.39, 0.29) is 17.6 Å². The Balaban J connectivity index is 1.59. The molecule has 26 heavy (non-hydrogen) atoms. The van der Waals surface area contributed by atoms with Gasteiger partial charge in [0.1, 0.15) is 5.75 Å². The standard InChI is InChI=1S/C20H22N2O4/c1-25-17-6-3-14(4-7-17)19(23)15-9-11-22(12-10-15)20(24)16-5-8-18(26-2)21-13-16/h3-8,13,15H,9-12H2,1-2H3. The number of Topliss-reactive ketones (excluding diaryl/α,β-unsaturated/α-hetero) is 1. The largest absolute Gasteiger partial charge is 0.497 e. The lowest BCUT2D eigenvalue weighted by molar-refractivity contribution is 0.0650. The average Bonchev–Trinajstić information content (AvgIpc) is 2.73. The summed E-state index contributed by atoms with van der Waals surface area (Å²) in [7, 11) is 3.14. The summed E-state index contributed by atoms with van der Waals surface area (Å²) in [5, 5.41) is 0. The molecule has 1 fully saturated rings. The fraction of sp³-hybridized carbons (Fsp3) is 0.350. The zero-order valence-electron chi connectivity index (χ0n) is 15.0. The zero-order valence-corrected chi connectivity index (χ0v) is 15.0. The van der Waals surface area contributed by atoms with E-state index >= 15 is 0 Å². The van der Waals surface area contributed by atoms with E-state index in [9.17, 15) is 9.59 Å². The highest BCUT2D eigenvalue weighted by atomic mass is 16.5. The van der Waals surface area contributed by atoms with E-state index in [1.54, 1.807) is 48.4 Å². The molecule has 1 aromatic carbocycles. The molecule has 0 unspecified atom stereocenters. The van der Waals surface area contributed by atoms with Gasteiger partial charge in [-0.15, -0.1) is 0 Å². The second kappa shape index (κ2) is 7.99. The highest BCUT2D eigenvalue weighted by molar-refractivity contribution is 5.98. The van der Waals surface area contributed by atoms with Crippen LogP contribution in [-0.2, 0) is 0 Å². The van der Waals surface area contributed by atoms with Crippen LogP contribution < -0.4 is 9.47 Å². The maximum Gasteiger partial charge on any atom is 0.255 e. The van der Waals surface area contributed by atoms with Crippen LogP contribution in [0.25, 0.3) is 0 Å². The number of amides is 1. The molecule has 1 aliphatic rings. The molecule has 1 aromatic heterocycles. The van der Waals surface area contributed by atoms with Crippen LogP contribution in [0.15, 0.2) is 42.6 Å². The number of methoxy groups -OCH3 is 2. The molecule has 1 aliphatic heterocycles. The Morgan fingerprint density at radius 2 is 1.62 bits per heavy atom. The van der Waals surface area contributed by atoms with Crippen molar-refractivity contribution < 1.29 is 19.1 Å². The first-order valence-electron chi connectivity index (χ1n) is 8.60. The summed E-state index contributed by atoms with van der Waals surface area (Å²) in [5.41, 5.74) is 1.22. The first-order chi connectivity index (χ1) is 12.6. The number of carbonyl (C=O) groups is 2. The van der Waals surface area contributed by atoms with Crippen molar-refractivity contribution in [1.82, 2.24) is 9.88 Å². The van der Waals surface area contributed by atoms with Crippen LogP contribution in [0.5, 0.6) is 11.6 Å². The number of nitrogens with zero attached hydrogens (tertiary/aromatic N) is 2. The van der Waals surface area contributed by atoms with Crippen molar-refractivity contribution in [2.45, 2.75) is 12.8 Å². The molecule has 2 heterocycles. The number of benzene rings is 1. The third-order valence-electron chi connectivity index (χ3n) is 4.72. The van der Waals surface area contributed by atoms with Gasteiger partial charge in [0.25, 0.3) is 5.91 Å². The molecule has 0 N–H and O–H groups in total. The molecule has 0 spiro atoms. The van der Waals surface area contributed by atoms with Gasteiger partial charge in [0.2, 0.25) is 5.88 Å². The van der Waals surface area contributed by atoms with E-state index in [0.717, 1.165) is 5.75 Å². The molecular formula is C20H22N2O4. The number of hydrogen-bond donors (Lipinski definition) is 0. The van der Waals surface area contributed by atoms with Crippen molar-refractivity contribution in [1.29, 1.82) is 0 Å². The minimum atomic E-state index is -0.0597. The number of aromatic nitrogens is 1. The van der Waals surface area contributed by atoms with E-state index < -0.39 is 0 Å². The molecule has 0 radical (unpaired) electrons. The summed E-state index contributed by atoms with van der Waals surface area (Å²) < 4.78 is 10.1. The Labute approximate surface area is 152 Å². The van der Waals surface area contributed by atoms with Gasteiger partial charge in [-0.2, -0.15) is 0 Å². The number of piperidine rings is 1. The summed E-state index contributed by atoms with van der Waals surface area (Å²) >= 11 is 0. The average molecular weight is 354 g/mol. The van der Waals surface area contributed by atoms with Gasteiger partial charge in [-0.1, -0.05) is 0 Å². The summed E-state index contributed by atoms with van der Waals surface area (Å²) in [4.78, 5) is 31.1. The van der Waals surface area contributed by atoms with Gasteiger partial charge in [-0.05, 0) is 43.2 Å². The van der Waals surface area contributed by atoms with Crippen molar-refractivity contribution in [3.8, 4) is 11.6 Å². The molecule has 1 saturated heterocycles. The monoisotopic (exact) mass is 354 g/mol. The number of ketones is 1. The van der Waals surface area contributed by atoms with E-state index in [4.69, 9.17) is 9.47 Å². The van der Waals surface area contributed by atoms with Crippen molar-refractivity contribution in [2.75, 3.05) is 27.3 Å². The lowest BCUT2D eigenvalue weighted by atomic mass is 9.88. The smallest absolute Gasteiger partial charge is 0.255 e. The fourth-order valence-corrected chi connectivity index (χ4v) is 3.15. The normalized spacial score (nSPS) is 14.8.